The maximum absolute atomic E-state index is 4.43. The second-order valence-corrected chi connectivity index (χ2v) is 7.35. The third-order valence-corrected chi connectivity index (χ3v) is 4.05. The van der Waals surface area contributed by atoms with Gasteiger partial charge < -0.3 is 15.1 Å². The van der Waals surface area contributed by atoms with Crippen LogP contribution in [0.5, 0.6) is 0 Å². The predicted molar refractivity (Wildman–Crippen MR) is 88.9 cm³/mol. The Morgan fingerprint density at radius 3 is 2.71 bits per heavy atom. The molecule has 2 rings (SSSR count). The summed E-state index contributed by atoms with van der Waals surface area (Å²) in [5, 5.41) is 3.41. The maximum atomic E-state index is 4.43. The summed E-state index contributed by atoms with van der Waals surface area (Å²) < 4.78 is 0. The van der Waals surface area contributed by atoms with Crippen molar-refractivity contribution in [1.29, 1.82) is 0 Å². The van der Waals surface area contributed by atoms with Gasteiger partial charge in [0, 0.05) is 31.7 Å². The van der Waals surface area contributed by atoms with Crippen LogP contribution in [0.15, 0.2) is 12.4 Å². The SMILES string of the molecule is CN(C)[C@H]1CCN(c2cc(NCCC(C)(C)C)ncn2)C1. The first-order chi connectivity index (χ1) is 9.85. The molecule has 5 heteroatoms. The Labute approximate surface area is 128 Å². The average molecular weight is 291 g/mol. The number of likely N-dealkylation sites (N-methyl/N-ethyl adjacent to an activating group) is 1. The lowest BCUT2D eigenvalue weighted by Crippen LogP contribution is -2.31. The molecule has 1 aromatic rings. The quantitative estimate of drug-likeness (QED) is 0.903. The summed E-state index contributed by atoms with van der Waals surface area (Å²) in [5.41, 5.74) is 0.344. The molecule has 21 heavy (non-hydrogen) atoms. The normalized spacial score (nSPS) is 19.3. The molecule has 1 N–H and O–H groups in total. The van der Waals surface area contributed by atoms with Crippen LogP contribution in [-0.2, 0) is 0 Å². The molecule has 0 radical (unpaired) electrons. The van der Waals surface area contributed by atoms with Gasteiger partial charge in [-0.2, -0.15) is 0 Å². The number of hydrogen-bond acceptors (Lipinski definition) is 5. The first kappa shape index (κ1) is 16.0. The summed E-state index contributed by atoms with van der Waals surface area (Å²) in [6.07, 6.45) is 3.99. The molecular formula is C16H29N5. The van der Waals surface area contributed by atoms with E-state index in [2.05, 4.69) is 66.0 Å². The fourth-order valence-corrected chi connectivity index (χ4v) is 2.55. The van der Waals surface area contributed by atoms with Crippen LogP contribution in [0.25, 0.3) is 0 Å². The highest BCUT2D eigenvalue weighted by molar-refractivity contribution is 5.49. The largest absolute Gasteiger partial charge is 0.370 e. The van der Waals surface area contributed by atoms with E-state index in [0.717, 1.165) is 37.7 Å². The van der Waals surface area contributed by atoms with Crippen molar-refractivity contribution < 1.29 is 0 Å². The van der Waals surface area contributed by atoms with Gasteiger partial charge in [-0.15, -0.1) is 0 Å². The van der Waals surface area contributed by atoms with E-state index in [9.17, 15) is 0 Å². The topological polar surface area (TPSA) is 44.3 Å². The Kier molecular flexibility index (Phi) is 5.04. The van der Waals surface area contributed by atoms with Crippen LogP contribution in [0.3, 0.4) is 0 Å². The maximum Gasteiger partial charge on any atom is 0.134 e. The zero-order valence-electron chi connectivity index (χ0n) is 14.1. The van der Waals surface area contributed by atoms with Gasteiger partial charge in [-0.1, -0.05) is 20.8 Å². The lowest BCUT2D eigenvalue weighted by Gasteiger charge is -2.21. The van der Waals surface area contributed by atoms with Crippen molar-refractivity contribution >= 4 is 11.6 Å². The van der Waals surface area contributed by atoms with Crippen LogP contribution >= 0.6 is 0 Å². The van der Waals surface area contributed by atoms with E-state index in [1.165, 1.54) is 6.42 Å². The second kappa shape index (κ2) is 6.60. The van der Waals surface area contributed by atoms with E-state index >= 15 is 0 Å². The van der Waals surface area contributed by atoms with Gasteiger partial charge in [0.25, 0.3) is 0 Å². The number of nitrogens with zero attached hydrogens (tertiary/aromatic N) is 4. The molecule has 1 aliphatic rings. The molecule has 0 saturated carbocycles. The fourth-order valence-electron chi connectivity index (χ4n) is 2.55. The molecule has 0 aliphatic carbocycles. The molecule has 0 amide bonds. The Hall–Kier alpha value is -1.36. The number of nitrogens with one attached hydrogen (secondary N) is 1. The zero-order valence-corrected chi connectivity index (χ0v) is 14.1. The van der Waals surface area contributed by atoms with Gasteiger partial charge in [0.05, 0.1) is 0 Å². The summed E-state index contributed by atoms with van der Waals surface area (Å²) in [4.78, 5) is 13.4. The molecule has 118 valence electrons. The molecule has 0 spiro atoms. The summed E-state index contributed by atoms with van der Waals surface area (Å²) >= 11 is 0. The van der Waals surface area contributed by atoms with Gasteiger partial charge in [-0.25, -0.2) is 9.97 Å². The minimum Gasteiger partial charge on any atom is -0.370 e. The Morgan fingerprint density at radius 1 is 1.33 bits per heavy atom. The number of rotatable bonds is 5. The fraction of sp³-hybridized carbons (Fsp3) is 0.750. The highest BCUT2D eigenvalue weighted by Gasteiger charge is 2.25. The lowest BCUT2D eigenvalue weighted by molar-refractivity contribution is 0.315. The van der Waals surface area contributed by atoms with E-state index < -0.39 is 0 Å². The van der Waals surface area contributed by atoms with E-state index in [1.807, 2.05) is 0 Å². The zero-order chi connectivity index (χ0) is 15.5. The molecular weight excluding hydrogens is 262 g/mol. The summed E-state index contributed by atoms with van der Waals surface area (Å²) in [6.45, 7) is 9.83. The van der Waals surface area contributed by atoms with Crippen LogP contribution in [0, 0.1) is 5.41 Å². The summed E-state index contributed by atoms with van der Waals surface area (Å²) in [5.74, 6) is 1.96. The Morgan fingerprint density at radius 2 is 2.10 bits per heavy atom. The first-order valence-corrected chi connectivity index (χ1v) is 7.82. The van der Waals surface area contributed by atoms with Gasteiger partial charge in [0.15, 0.2) is 0 Å². The second-order valence-electron chi connectivity index (χ2n) is 7.35. The molecule has 1 fully saturated rings. The standard InChI is InChI=1S/C16H29N5/c1-16(2,3)7-8-17-14-10-15(19-12-18-14)21-9-6-13(11-21)20(4)5/h10,12-13H,6-9,11H2,1-5H3,(H,17,18,19)/t13-/m0/s1. The molecule has 5 nitrogen and oxygen atoms in total. The highest BCUT2D eigenvalue weighted by Crippen LogP contribution is 2.22. The van der Waals surface area contributed by atoms with E-state index in [1.54, 1.807) is 6.33 Å². The monoisotopic (exact) mass is 291 g/mol. The van der Waals surface area contributed by atoms with Crippen molar-refractivity contribution in [1.82, 2.24) is 14.9 Å². The molecule has 1 aliphatic heterocycles. The van der Waals surface area contributed by atoms with Gasteiger partial charge in [-0.05, 0) is 32.4 Å². The van der Waals surface area contributed by atoms with Crippen molar-refractivity contribution in [2.45, 2.75) is 39.7 Å². The highest BCUT2D eigenvalue weighted by atomic mass is 15.3. The van der Waals surface area contributed by atoms with Crippen LogP contribution in [0.1, 0.15) is 33.6 Å². The molecule has 2 heterocycles. The summed E-state index contributed by atoms with van der Waals surface area (Å²) in [7, 11) is 4.29. The summed E-state index contributed by atoms with van der Waals surface area (Å²) in [6, 6.07) is 2.69. The van der Waals surface area contributed by atoms with E-state index in [4.69, 9.17) is 0 Å². The molecule has 1 aromatic heterocycles. The van der Waals surface area contributed by atoms with Crippen LogP contribution in [0.2, 0.25) is 0 Å². The Balaban J connectivity index is 1.92. The van der Waals surface area contributed by atoms with Crippen molar-refractivity contribution in [3.05, 3.63) is 12.4 Å². The van der Waals surface area contributed by atoms with Crippen LogP contribution in [0.4, 0.5) is 11.6 Å². The van der Waals surface area contributed by atoms with Crippen molar-refractivity contribution in [3.8, 4) is 0 Å². The number of aromatic nitrogens is 2. The van der Waals surface area contributed by atoms with Gasteiger partial charge in [0.2, 0.25) is 0 Å². The van der Waals surface area contributed by atoms with E-state index in [0.29, 0.717) is 11.5 Å². The van der Waals surface area contributed by atoms with Crippen LogP contribution in [-0.4, -0.2) is 54.6 Å². The lowest BCUT2D eigenvalue weighted by atomic mass is 9.92. The Bertz CT molecular complexity index is 452. The van der Waals surface area contributed by atoms with E-state index in [-0.39, 0.29) is 0 Å². The van der Waals surface area contributed by atoms with Crippen LogP contribution < -0.4 is 10.2 Å². The molecule has 0 bridgehead atoms. The molecule has 0 aromatic carbocycles. The molecule has 0 unspecified atom stereocenters. The van der Waals surface area contributed by atoms with Gasteiger partial charge in [-0.3, -0.25) is 0 Å². The molecule has 1 atom stereocenters. The minimum absolute atomic E-state index is 0.344. The predicted octanol–water partition coefficient (Wildman–Crippen LogP) is 2.47. The minimum atomic E-state index is 0.344. The third-order valence-electron chi connectivity index (χ3n) is 4.05. The van der Waals surface area contributed by atoms with Gasteiger partial charge >= 0.3 is 0 Å². The van der Waals surface area contributed by atoms with Crippen molar-refractivity contribution in [2.75, 3.05) is 43.9 Å². The number of anilines is 2. The smallest absolute Gasteiger partial charge is 0.134 e. The molecule has 1 saturated heterocycles. The number of hydrogen-bond donors (Lipinski definition) is 1. The first-order valence-electron chi connectivity index (χ1n) is 7.82. The van der Waals surface area contributed by atoms with Crippen molar-refractivity contribution in [2.24, 2.45) is 5.41 Å². The average Bonchev–Trinajstić information content (AvgIpc) is 2.87. The van der Waals surface area contributed by atoms with Crippen molar-refractivity contribution in [3.63, 3.8) is 0 Å². The van der Waals surface area contributed by atoms with Gasteiger partial charge in [0.1, 0.15) is 18.0 Å². The third kappa shape index (κ3) is 4.84.